The lowest BCUT2D eigenvalue weighted by molar-refractivity contribution is -0.115. The van der Waals surface area contributed by atoms with Crippen LogP contribution in [0.2, 0.25) is 5.02 Å². The highest BCUT2D eigenvalue weighted by Crippen LogP contribution is 2.18. The molecule has 1 heterocycles. The quantitative estimate of drug-likeness (QED) is 0.796. The van der Waals surface area contributed by atoms with E-state index in [4.69, 9.17) is 16.0 Å². The van der Waals surface area contributed by atoms with Crippen molar-refractivity contribution in [2.45, 2.75) is 13.3 Å². The second-order valence-electron chi connectivity index (χ2n) is 4.77. The summed E-state index contributed by atoms with van der Waals surface area (Å²) in [6.45, 7) is 1.80. The minimum absolute atomic E-state index is 0.100. The van der Waals surface area contributed by atoms with Gasteiger partial charge in [0.1, 0.15) is 5.52 Å². The van der Waals surface area contributed by atoms with Gasteiger partial charge in [0, 0.05) is 17.6 Å². The molecule has 0 unspecified atom stereocenters. The Morgan fingerprint density at radius 2 is 2.14 bits per heavy atom. The van der Waals surface area contributed by atoms with Crippen LogP contribution < -0.4 is 5.32 Å². The Kier molecular flexibility index (Phi) is 3.62. The Labute approximate surface area is 126 Å². The highest BCUT2D eigenvalue weighted by atomic mass is 35.5. The van der Waals surface area contributed by atoms with E-state index in [-0.39, 0.29) is 12.3 Å². The molecule has 0 saturated heterocycles. The van der Waals surface area contributed by atoms with Gasteiger partial charge in [-0.3, -0.25) is 4.79 Å². The standard InChI is InChI=1S/C16H13ClN2O2/c1-10-18-14-7-11(5-6-15(14)21-10)8-16(20)19-13-4-2-3-12(17)9-13/h2-7,9H,8H2,1H3,(H,19,20). The molecule has 5 heteroatoms. The average molecular weight is 301 g/mol. The highest BCUT2D eigenvalue weighted by molar-refractivity contribution is 6.30. The van der Waals surface area contributed by atoms with Gasteiger partial charge >= 0.3 is 0 Å². The van der Waals surface area contributed by atoms with Crippen LogP contribution in [0.4, 0.5) is 5.69 Å². The van der Waals surface area contributed by atoms with Crippen molar-refractivity contribution in [1.82, 2.24) is 4.98 Å². The van der Waals surface area contributed by atoms with Crippen LogP contribution in [0.15, 0.2) is 46.9 Å². The van der Waals surface area contributed by atoms with E-state index in [0.29, 0.717) is 16.6 Å². The van der Waals surface area contributed by atoms with Gasteiger partial charge in [-0.1, -0.05) is 23.7 Å². The molecule has 1 N–H and O–H groups in total. The lowest BCUT2D eigenvalue weighted by Gasteiger charge is -2.05. The Balaban J connectivity index is 1.73. The van der Waals surface area contributed by atoms with Crippen molar-refractivity contribution in [2.24, 2.45) is 0 Å². The van der Waals surface area contributed by atoms with Gasteiger partial charge in [-0.25, -0.2) is 4.98 Å². The molecule has 4 nitrogen and oxygen atoms in total. The van der Waals surface area contributed by atoms with E-state index < -0.39 is 0 Å². The number of hydrogen-bond donors (Lipinski definition) is 1. The summed E-state index contributed by atoms with van der Waals surface area (Å²) in [7, 11) is 0. The van der Waals surface area contributed by atoms with Gasteiger partial charge in [0.15, 0.2) is 11.5 Å². The van der Waals surface area contributed by atoms with Crippen LogP contribution in [-0.2, 0) is 11.2 Å². The third kappa shape index (κ3) is 3.23. The van der Waals surface area contributed by atoms with Crippen LogP contribution in [-0.4, -0.2) is 10.9 Å². The maximum Gasteiger partial charge on any atom is 0.228 e. The maximum atomic E-state index is 12.0. The van der Waals surface area contributed by atoms with Crippen molar-refractivity contribution in [1.29, 1.82) is 0 Å². The van der Waals surface area contributed by atoms with E-state index in [0.717, 1.165) is 16.7 Å². The summed E-state index contributed by atoms with van der Waals surface area (Å²) in [5, 5.41) is 3.41. The van der Waals surface area contributed by atoms with Crippen molar-refractivity contribution < 1.29 is 9.21 Å². The SMILES string of the molecule is Cc1nc2cc(CC(=O)Nc3cccc(Cl)c3)ccc2o1. The van der Waals surface area contributed by atoms with E-state index in [1.165, 1.54) is 0 Å². The van der Waals surface area contributed by atoms with Gasteiger partial charge in [-0.2, -0.15) is 0 Å². The molecule has 1 amide bonds. The fourth-order valence-electron chi connectivity index (χ4n) is 2.15. The predicted molar refractivity (Wildman–Crippen MR) is 82.5 cm³/mol. The highest BCUT2D eigenvalue weighted by Gasteiger charge is 2.08. The van der Waals surface area contributed by atoms with Gasteiger partial charge < -0.3 is 9.73 Å². The third-order valence-electron chi connectivity index (χ3n) is 3.03. The minimum atomic E-state index is -0.100. The first-order chi connectivity index (χ1) is 10.1. The van der Waals surface area contributed by atoms with Gasteiger partial charge in [0.2, 0.25) is 5.91 Å². The number of hydrogen-bond acceptors (Lipinski definition) is 3. The van der Waals surface area contributed by atoms with Gasteiger partial charge in [0.25, 0.3) is 0 Å². The van der Waals surface area contributed by atoms with E-state index in [1.807, 2.05) is 18.2 Å². The first-order valence-corrected chi connectivity index (χ1v) is 6.89. The maximum absolute atomic E-state index is 12.0. The number of benzene rings is 2. The van der Waals surface area contributed by atoms with Crippen molar-refractivity contribution in [3.8, 4) is 0 Å². The number of fused-ring (bicyclic) bond motifs is 1. The zero-order valence-electron chi connectivity index (χ0n) is 11.4. The molecule has 106 valence electrons. The molecule has 2 aromatic carbocycles. The molecular formula is C16H13ClN2O2. The number of nitrogens with zero attached hydrogens (tertiary/aromatic N) is 1. The number of rotatable bonds is 3. The van der Waals surface area contributed by atoms with Crippen LogP contribution in [0.1, 0.15) is 11.5 Å². The second kappa shape index (κ2) is 5.58. The number of anilines is 1. The predicted octanol–water partition coefficient (Wildman–Crippen LogP) is 3.97. The van der Waals surface area contributed by atoms with Crippen LogP contribution in [0.25, 0.3) is 11.1 Å². The van der Waals surface area contributed by atoms with Crippen molar-refractivity contribution >= 4 is 34.3 Å². The minimum Gasteiger partial charge on any atom is -0.441 e. The largest absolute Gasteiger partial charge is 0.441 e. The van der Waals surface area contributed by atoms with E-state index in [2.05, 4.69) is 10.3 Å². The summed E-state index contributed by atoms with van der Waals surface area (Å²) in [6, 6.07) is 12.6. The molecule has 3 aromatic rings. The number of oxazole rings is 1. The van der Waals surface area contributed by atoms with Crippen LogP contribution in [0, 0.1) is 6.92 Å². The fraction of sp³-hybridized carbons (Fsp3) is 0.125. The summed E-state index contributed by atoms with van der Waals surface area (Å²) in [6.07, 6.45) is 0.272. The molecule has 0 aliphatic heterocycles. The lowest BCUT2D eigenvalue weighted by atomic mass is 10.1. The average Bonchev–Trinajstić information content (AvgIpc) is 2.78. The van der Waals surface area contributed by atoms with E-state index in [1.54, 1.807) is 31.2 Å². The zero-order valence-corrected chi connectivity index (χ0v) is 12.1. The monoisotopic (exact) mass is 300 g/mol. The Hall–Kier alpha value is -2.33. The molecule has 0 atom stereocenters. The first kappa shape index (κ1) is 13.6. The Morgan fingerprint density at radius 3 is 2.95 bits per heavy atom. The van der Waals surface area contributed by atoms with E-state index >= 15 is 0 Å². The topological polar surface area (TPSA) is 55.1 Å². The summed E-state index contributed by atoms with van der Waals surface area (Å²) in [5.74, 6) is 0.516. The summed E-state index contributed by atoms with van der Waals surface area (Å²) in [4.78, 5) is 16.3. The van der Waals surface area contributed by atoms with Crippen LogP contribution in [0.3, 0.4) is 0 Å². The number of carbonyl (C=O) groups is 1. The van der Waals surface area contributed by atoms with Gasteiger partial charge in [-0.15, -0.1) is 0 Å². The summed E-state index contributed by atoms with van der Waals surface area (Å²) in [5.41, 5.74) is 3.06. The Morgan fingerprint density at radius 1 is 1.29 bits per heavy atom. The number of aromatic nitrogens is 1. The molecule has 0 radical (unpaired) electrons. The molecule has 0 aliphatic carbocycles. The lowest BCUT2D eigenvalue weighted by Crippen LogP contribution is -2.14. The molecule has 0 bridgehead atoms. The first-order valence-electron chi connectivity index (χ1n) is 6.52. The normalized spacial score (nSPS) is 10.8. The van der Waals surface area contributed by atoms with Crippen molar-refractivity contribution in [3.05, 3.63) is 58.9 Å². The molecule has 0 saturated carbocycles. The number of amides is 1. The molecule has 3 rings (SSSR count). The van der Waals surface area contributed by atoms with E-state index in [9.17, 15) is 4.79 Å². The van der Waals surface area contributed by atoms with Crippen molar-refractivity contribution in [3.63, 3.8) is 0 Å². The molecule has 21 heavy (non-hydrogen) atoms. The van der Waals surface area contributed by atoms with Gasteiger partial charge in [0.05, 0.1) is 6.42 Å². The third-order valence-corrected chi connectivity index (χ3v) is 3.27. The number of halogens is 1. The molecular weight excluding hydrogens is 288 g/mol. The Bertz CT molecular complexity index is 811. The summed E-state index contributed by atoms with van der Waals surface area (Å²) >= 11 is 5.89. The number of carbonyl (C=O) groups excluding carboxylic acids is 1. The zero-order chi connectivity index (χ0) is 14.8. The number of aryl methyl sites for hydroxylation is 1. The van der Waals surface area contributed by atoms with Crippen LogP contribution >= 0.6 is 11.6 Å². The van der Waals surface area contributed by atoms with Crippen LogP contribution in [0.5, 0.6) is 0 Å². The number of nitrogens with one attached hydrogen (secondary N) is 1. The van der Waals surface area contributed by atoms with Gasteiger partial charge in [-0.05, 0) is 35.9 Å². The summed E-state index contributed by atoms with van der Waals surface area (Å²) < 4.78 is 5.41. The molecule has 1 aromatic heterocycles. The molecule has 0 fully saturated rings. The van der Waals surface area contributed by atoms with Crippen molar-refractivity contribution in [2.75, 3.05) is 5.32 Å². The molecule has 0 spiro atoms. The smallest absolute Gasteiger partial charge is 0.228 e. The second-order valence-corrected chi connectivity index (χ2v) is 5.21. The fourth-order valence-corrected chi connectivity index (χ4v) is 2.35. The molecule has 0 aliphatic rings.